The second-order valence-corrected chi connectivity index (χ2v) is 4.04. The second kappa shape index (κ2) is 4.03. The number of aromatic nitrogens is 5. The Morgan fingerprint density at radius 3 is 2.93 bits per heavy atom. The van der Waals surface area contributed by atoms with Crippen molar-refractivity contribution in [2.75, 3.05) is 5.73 Å². The molecule has 0 aliphatic rings. The minimum Gasteiger partial charge on any atom is -0.382 e. The third kappa shape index (κ3) is 2.02. The van der Waals surface area contributed by atoms with E-state index in [9.17, 15) is 0 Å². The molecule has 0 aromatic carbocycles. The largest absolute Gasteiger partial charge is 0.382 e. The van der Waals surface area contributed by atoms with Crippen molar-refractivity contribution in [2.45, 2.75) is 10.2 Å². The van der Waals surface area contributed by atoms with Crippen LogP contribution in [0.5, 0.6) is 0 Å². The van der Waals surface area contributed by atoms with E-state index in [1.165, 1.54) is 18.1 Å². The number of nitrogens with two attached hydrogens (primary N) is 1. The molecule has 0 unspecified atom stereocenters. The van der Waals surface area contributed by atoms with Gasteiger partial charge in [-0.3, -0.25) is 0 Å². The lowest BCUT2D eigenvalue weighted by Gasteiger charge is -2.02. The molecule has 0 amide bonds. The summed E-state index contributed by atoms with van der Waals surface area (Å²) in [5, 5.41) is 9.24. The van der Waals surface area contributed by atoms with Gasteiger partial charge in [-0.05, 0) is 11.8 Å². The van der Waals surface area contributed by atoms with Crippen LogP contribution in [-0.2, 0) is 7.05 Å². The number of rotatable bonds is 2. The summed E-state index contributed by atoms with van der Waals surface area (Å²) in [5.41, 5.74) is 5.55. The molecule has 2 rings (SSSR count). The number of nitrogen functional groups attached to an aromatic ring is 1. The summed E-state index contributed by atoms with van der Waals surface area (Å²) in [6.45, 7) is 0. The van der Waals surface area contributed by atoms with Gasteiger partial charge >= 0.3 is 0 Å². The van der Waals surface area contributed by atoms with Crippen LogP contribution in [0.3, 0.4) is 0 Å². The topological polar surface area (TPSA) is 82.5 Å². The molecule has 2 heterocycles. The number of nitrogens with zero attached hydrogens (tertiary/aromatic N) is 5. The Bertz CT molecular complexity index is 484. The summed E-state index contributed by atoms with van der Waals surface area (Å²) in [6, 6.07) is 0. The molecule has 0 spiro atoms. The lowest BCUT2D eigenvalue weighted by Crippen LogP contribution is -1.96. The zero-order chi connectivity index (χ0) is 10.8. The molecule has 2 N–H and O–H groups in total. The van der Waals surface area contributed by atoms with Crippen molar-refractivity contribution in [1.29, 1.82) is 0 Å². The van der Waals surface area contributed by atoms with E-state index in [1.807, 2.05) is 7.05 Å². The maximum absolute atomic E-state index is 5.93. The average Bonchev–Trinajstić information content (AvgIpc) is 2.60. The van der Waals surface area contributed by atoms with Crippen LogP contribution in [0.15, 0.2) is 22.8 Å². The predicted octanol–water partition coefficient (Wildman–Crippen LogP) is 0.992. The number of hydrogen-bond acceptors (Lipinski definition) is 6. The van der Waals surface area contributed by atoms with Crippen LogP contribution >= 0.6 is 23.4 Å². The van der Waals surface area contributed by atoms with E-state index in [0.29, 0.717) is 15.2 Å². The SMILES string of the molecule is Cn1cnnc1Sc1ncnc(N)c1Cl. The van der Waals surface area contributed by atoms with Gasteiger partial charge in [-0.1, -0.05) is 11.6 Å². The zero-order valence-electron chi connectivity index (χ0n) is 7.75. The molecule has 0 radical (unpaired) electrons. The highest BCUT2D eigenvalue weighted by atomic mass is 35.5. The first-order chi connectivity index (χ1) is 7.18. The lowest BCUT2D eigenvalue weighted by molar-refractivity contribution is 0.787. The lowest BCUT2D eigenvalue weighted by atomic mass is 10.6. The van der Waals surface area contributed by atoms with Crippen molar-refractivity contribution >= 4 is 29.2 Å². The smallest absolute Gasteiger partial charge is 0.197 e. The standard InChI is InChI=1S/C7H7ClN6S/c1-14-3-12-13-7(14)15-6-4(8)5(9)10-2-11-6/h2-3H,1H3,(H2,9,10,11). The third-order valence-electron chi connectivity index (χ3n) is 1.64. The fourth-order valence-electron chi connectivity index (χ4n) is 0.889. The van der Waals surface area contributed by atoms with Gasteiger partial charge in [-0.2, -0.15) is 0 Å². The zero-order valence-corrected chi connectivity index (χ0v) is 9.33. The molecule has 15 heavy (non-hydrogen) atoms. The van der Waals surface area contributed by atoms with Gasteiger partial charge in [-0.25, -0.2) is 9.97 Å². The fraction of sp³-hybridized carbons (Fsp3) is 0.143. The summed E-state index contributed by atoms with van der Waals surface area (Å²) in [4.78, 5) is 7.78. The number of halogens is 1. The number of aryl methyl sites for hydroxylation is 1. The summed E-state index contributed by atoms with van der Waals surface area (Å²) >= 11 is 7.22. The molecule has 2 aromatic rings. The Hall–Kier alpha value is -1.34. The Balaban J connectivity index is 2.33. The molecular formula is C7H7ClN6S. The third-order valence-corrected chi connectivity index (χ3v) is 3.18. The summed E-state index contributed by atoms with van der Waals surface area (Å²) in [6.07, 6.45) is 2.96. The normalized spacial score (nSPS) is 10.5. The first kappa shape index (κ1) is 10.2. The van der Waals surface area contributed by atoms with E-state index in [-0.39, 0.29) is 5.82 Å². The molecule has 0 saturated heterocycles. The van der Waals surface area contributed by atoms with Gasteiger partial charge < -0.3 is 10.3 Å². The van der Waals surface area contributed by atoms with E-state index in [2.05, 4.69) is 20.2 Å². The van der Waals surface area contributed by atoms with Crippen LogP contribution in [0, 0.1) is 0 Å². The average molecular weight is 243 g/mol. The van der Waals surface area contributed by atoms with Crippen LogP contribution < -0.4 is 5.73 Å². The Morgan fingerprint density at radius 1 is 1.47 bits per heavy atom. The predicted molar refractivity (Wildman–Crippen MR) is 56.6 cm³/mol. The fourth-order valence-corrected chi connectivity index (χ4v) is 1.85. The number of hydrogen-bond donors (Lipinski definition) is 1. The molecule has 0 saturated carbocycles. The van der Waals surface area contributed by atoms with Crippen molar-refractivity contribution in [3.63, 3.8) is 0 Å². The first-order valence-electron chi connectivity index (χ1n) is 3.96. The van der Waals surface area contributed by atoms with Crippen molar-refractivity contribution in [2.24, 2.45) is 7.05 Å². The van der Waals surface area contributed by atoms with Crippen LogP contribution in [-0.4, -0.2) is 24.7 Å². The first-order valence-corrected chi connectivity index (χ1v) is 5.15. The van der Waals surface area contributed by atoms with Crippen molar-refractivity contribution in [3.8, 4) is 0 Å². The van der Waals surface area contributed by atoms with E-state index >= 15 is 0 Å². The minimum atomic E-state index is 0.260. The molecular weight excluding hydrogens is 236 g/mol. The Labute approximate surface area is 94.9 Å². The molecule has 0 aliphatic carbocycles. The van der Waals surface area contributed by atoms with E-state index < -0.39 is 0 Å². The highest BCUT2D eigenvalue weighted by Gasteiger charge is 2.11. The number of anilines is 1. The molecule has 78 valence electrons. The van der Waals surface area contributed by atoms with Crippen LogP contribution in [0.1, 0.15) is 0 Å². The van der Waals surface area contributed by atoms with Crippen LogP contribution in [0.25, 0.3) is 0 Å². The van der Waals surface area contributed by atoms with Gasteiger partial charge in [0.25, 0.3) is 0 Å². The highest BCUT2D eigenvalue weighted by molar-refractivity contribution is 7.99. The van der Waals surface area contributed by atoms with Crippen molar-refractivity contribution < 1.29 is 0 Å². The van der Waals surface area contributed by atoms with E-state index in [0.717, 1.165) is 0 Å². The van der Waals surface area contributed by atoms with Gasteiger partial charge in [-0.15, -0.1) is 10.2 Å². The van der Waals surface area contributed by atoms with Gasteiger partial charge in [0.2, 0.25) is 0 Å². The monoisotopic (exact) mass is 242 g/mol. The molecule has 0 atom stereocenters. The molecule has 0 fully saturated rings. The summed E-state index contributed by atoms with van der Waals surface area (Å²) < 4.78 is 1.76. The Kier molecular flexibility index (Phi) is 2.74. The maximum Gasteiger partial charge on any atom is 0.197 e. The van der Waals surface area contributed by atoms with E-state index in [4.69, 9.17) is 17.3 Å². The summed E-state index contributed by atoms with van der Waals surface area (Å²) in [5.74, 6) is 0.260. The molecule has 6 nitrogen and oxygen atoms in total. The van der Waals surface area contributed by atoms with Crippen molar-refractivity contribution in [1.82, 2.24) is 24.7 Å². The Morgan fingerprint density at radius 2 is 2.27 bits per heavy atom. The van der Waals surface area contributed by atoms with Gasteiger partial charge in [0.1, 0.15) is 28.5 Å². The maximum atomic E-state index is 5.93. The van der Waals surface area contributed by atoms with Crippen LogP contribution in [0.2, 0.25) is 5.02 Å². The molecule has 8 heteroatoms. The minimum absolute atomic E-state index is 0.260. The molecule has 0 bridgehead atoms. The summed E-state index contributed by atoms with van der Waals surface area (Å²) in [7, 11) is 1.83. The van der Waals surface area contributed by atoms with Gasteiger partial charge in [0.15, 0.2) is 5.16 Å². The van der Waals surface area contributed by atoms with Gasteiger partial charge in [0.05, 0.1) is 0 Å². The van der Waals surface area contributed by atoms with Crippen LogP contribution in [0.4, 0.5) is 5.82 Å². The molecule has 0 aliphatic heterocycles. The quantitative estimate of drug-likeness (QED) is 0.791. The van der Waals surface area contributed by atoms with Crippen molar-refractivity contribution in [3.05, 3.63) is 17.7 Å². The highest BCUT2D eigenvalue weighted by Crippen LogP contribution is 2.31. The molecule has 2 aromatic heterocycles. The van der Waals surface area contributed by atoms with E-state index in [1.54, 1.807) is 10.9 Å². The van der Waals surface area contributed by atoms with Gasteiger partial charge in [0, 0.05) is 7.05 Å². The second-order valence-electron chi connectivity index (χ2n) is 2.70.